The number of nitrogens with zero attached hydrogens (tertiary/aromatic N) is 4. The van der Waals surface area contributed by atoms with Gasteiger partial charge in [0.2, 0.25) is 0 Å². The average Bonchev–Trinajstić information content (AvgIpc) is 3.46. The van der Waals surface area contributed by atoms with Crippen LogP contribution >= 0.6 is 0 Å². The highest BCUT2D eigenvalue weighted by molar-refractivity contribution is 5.93. The molecule has 0 spiro atoms. The minimum atomic E-state index is 0.0837. The Labute approximate surface area is 171 Å². The number of aromatic nitrogens is 4. The topological polar surface area (TPSA) is 90.1 Å². The van der Waals surface area contributed by atoms with Crippen molar-refractivity contribution in [3.05, 3.63) is 35.7 Å². The highest BCUT2D eigenvalue weighted by atomic mass is 16.5. The lowest BCUT2D eigenvalue weighted by atomic mass is 9.83. The van der Waals surface area contributed by atoms with E-state index in [1.165, 1.54) is 11.4 Å². The number of carbonyl (C=O) groups is 1. The molecule has 2 N–H and O–H groups in total. The molecule has 2 saturated heterocycles. The molecule has 0 saturated carbocycles. The van der Waals surface area contributed by atoms with E-state index in [2.05, 4.69) is 20.1 Å². The lowest BCUT2D eigenvalue weighted by Gasteiger charge is -2.44. The monoisotopic (exact) mass is 398 g/mol. The molecule has 1 amide bonds. The molecule has 0 bridgehead atoms. The largest absolute Gasteiger partial charge is 0.381 e. The Bertz CT molecular complexity index is 805. The van der Waals surface area contributed by atoms with E-state index in [4.69, 9.17) is 9.72 Å². The molecule has 5 heterocycles. The van der Waals surface area contributed by atoms with Crippen molar-refractivity contribution in [1.82, 2.24) is 30.0 Å². The SMILES string of the molecule is O=C(c1cn[nH]c1)N1CCC(C2c3nc[nH]c3CCN2CC2CCOCC2)CC1. The highest BCUT2D eigenvalue weighted by Crippen LogP contribution is 2.39. The number of nitrogens with one attached hydrogen (secondary N) is 2. The van der Waals surface area contributed by atoms with Crippen LogP contribution in [-0.2, 0) is 11.2 Å². The smallest absolute Gasteiger partial charge is 0.257 e. The second-order valence-electron chi connectivity index (χ2n) is 8.63. The molecule has 5 rings (SSSR count). The van der Waals surface area contributed by atoms with Gasteiger partial charge in [-0.3, -0.25) is 14.8 Å². The maximum Gasteiger partial charge on any atom is 0.257 e. The summed E-state index contributed by atoms with van der Waals surface area (Å²) in [7, 11) is 0. The normalized spacial score (nSPS) is 24.6. The lowest BCUT2D eigenvalue weighted by molar-refractivity contribution is 0.0241. The maximum atomic E-state index is 12.7. The third-order valence-electron chi connectivity index (χ3n) is 6.93. The van der Waals surface area contributed by atoms with Gasteiger partial charge in [0, 0.05) is 57.7 Å². The van der Waals surface area contributed by atoms with Crippen molar-refractivity contribution >= 4 is 5.91 Å². The van der Waals surface area contributed by atoms with Gasteiger partial charge in [-0.15, -0.1) is 0 Å². The molecular weight excluding hydrogens is 368 g/mol. The van der Waals surface area contributed by atoms with Crippen LogP contribution in [0.3, 0.4) is 0 Å². The van der Waals surface area contributed by atoms with Gasteiger partial charge in [0.25, 0.3) is 5.91 Å². The number of fused-ring (bicyclic) bond motifs is 1. The Morgan fingerprint density at radius 1 is 1.17 bits per heavy atom. The molecule has 156 valence electrons. The molecule has 3 aliphatic heterocycles. The summed E-state index contributed by atoms with van der Waals surface area (Å²) < 4.78 is 5.56. The summed E-state index contributed by atoms with van der Waals surface area (Å²) in [6.45, 7) is 5.61. The average molecular weight is 399 g/mol. The van der Waals surface area contributed by atoms with Crippen LogP contribution < -0.4 is 0 Å². The van der Waals surface area contributed by atoms with Gasteiger partial charge in [-0.05, 0) is 37.5 Å². The van der Waals surface area contributed by atoms with Gasteiger partial charge in [0.1, 0.15) is 0 Å². The van der Waals surface area contributed by atoms with Gasteiger partial charge < -0.3 is 14.6 Å². The quantitative estimate of drug-likeness (QED) is 0.822. The maximum absolute atomic E-state index is 12.7. The van der Waals surface area contributed by atoms with Crippen molar-refractivity contribution in [2.45, 2.75) is 38.1 Å². The summed E-state index contributed by atoms with van der Waals surface area (Å²) >= 11 is 0. The van der Waals surface area contributed by atoms with Crippen LogP contribution in [-0.4, -0.2) is 75.3 Å². The van der Waals surface area contributed by atoms with Gasteiger partial charge in [-0.25, -0.2) is 4.98 Å². The van der Waals surface area contributed by atoms with E-state index >= 15 is 0 Å². The number of carbonyl (C=O) groups excluding carboxylic acids is 1. The van der Waals surface area contributed by atoms with Crippen molar-refractivity contribution in [2.24, 2.45) is 11.8 Å². The van der Waals surface area contributed by atoms with Gasteiger partial charge in [-0.2, -0.15) is 5.10 Å². The van der Waals surface area contributed by atoms with Gasteiger partial charge in [0.15, 0.2) is 0 Å². The van der Waals surface area contributed by atoms with Crippen molar-refractivity contribution in [2.75, 3.05) is 39.4 Å². The molecule has 1 atom stereocenters. The molecule has 2 fully saturated rings. The molecule has 8 heteroatoms. The second kappa shape index (κ2) is 8.28. The lowest BCUT2D eigenvalue weighted by Crippen LogP contribution is -2.46. The van der Waals surface area contributed by atoms with Crippen LogP contribution in [0.15, 0.2) is 18.7 Å². The number of likely N-dealkylation sites (tertiary alicyclic amines) is 1. The number of piperidine rings is 1. The third-order valence-corrected chi connectivity index (χ3v) is 6.93. The number of amides is 1. The van der Waals surface area contributed by atoms with Crippen LogP contribution in [0.25, 0.3) is 0 Å². The predicted octanol–water partition coefficient (Wildman–Crippen LogP) is 2.01. The minimum Gasteiger partial charge on any atom is -0.381 e. The van der Waals surface area contributed by atoms with E-state index in [0.717, 1.165) is 77.4 Å². The van der Waals surface area contributed by atoms with Gasteiger partial charge >= 0.3 is 0 Å². The molecule has 0 aliphatic carbocycles. The summed E-state index contributed by atoms with van der Waals surface area (Å²) in [5, 5.41) is 6.65. The number of H-pyrrole nitrogens is 2. The van der Waals surface area contributed by atoms with E-state index in [0.29, 0.717) is 17.5 Å². The fourth-order valence-electron chi connectivity index (χ4n) is 5.31. The summed E-state index contributed by atoms with van der Waals surface area (Å²) in [6.07, 6.45) is 10.6. The molecule has 1 unspecified atom stereocenters. The predicted molar refractivity (Wildman–Crippen MR) is 107 cm³/mol. The second-order valence-corrected chi connectivity index (χ2v) is 8.63. The third kappa shape index (κ3) is 3.83. The fourth-order valence-corrected chi connectivity index (χ4v) is 5.31. The van der Waals surface area contributed by atoms with Crippen LogP contribution in [0.1, 0.15) is 53.5 Å². The Balaban J connectivity index is 1.29. The summed E-state index contributed by atoms with van der Waals surface area (Å²) in [5.74, 6) is 1.33. The summed E-state index contributed by atoms with van der Waals surface area (Å²) in [6, 6.07) is 0.360. The molecule has 0 aromatic carbocycles. The van der Waals surface area contributed by atoms with Crippen LogP contribution in [0, 0.1) is 11.8 Å². The Morgan fingerprint density at radius 2 is 2.00 bits per heavy atom. The van der Waals surface area contributed by atoms with Crippen molar-refractivity contribution in [3.63, 3.8) is 0 Å². The molecule has 0 radical (unpaired) electrons. The fraction of sp³-hybridized carbons (Fsp3) is 0.667. The minimum absolute atomic E-state index is 0.0837. The molecule has 2 aromatic rings. The zero-order valence-corrected chi connectivity index (χ0v) is 16.8. The van der Waals surface area contributed by atoms with Gasteiger partial charge in [-0.1, -0.05) is 0 Å². The molecule has 3 aliphatic rings. The zero-order valence-electron chi connectivity index (χ0n) is 16.8. The summed E-state index contributed by atoms with van der Waals surface area (Å²) in [4.78, 5) is 25.4. The Hall–Kier alpha value is -2.19. The first-order valence-corrected chi connectivity index (χ1v) is 10.9. The van der Waals surface area contributed by atoms with Gasteiger partial charge in [0.05, 0.1) is 29.8 Å². The molecular formula is C21H30N6O2. The molecule has 2 aromatic heterocycles. The summed E-state index contributed by atoms with van der Waals surface area (Å²) in [5.41, 5.74) is 3.19. The number of hydrogen-bond acceptors (Lipinski definition) is 5. The first-order valence-electron chi connectivity index (χ1n) is 10.9. The van der Waals surface area contributed by atoms with Crippen LogP contribution in [0.2, 0.25) is 0 Å². The number of imidazole rings is 1. The van der Waals surface area contributed by atoms with E-state index in [-0.39, 0.29) is 5.91 Å². The molecule has 29 heavy (non-hydrogen) atoms. The van der Waals surface area contributed by atoms with Crippen molar-refractivity contribution in [3.8, 4) is 0 Å². The van der Waals surface area contributed by atoms with Crippen molar-refractivity contribution < 1.29 is 9.53 Å². The van der Waals surface area contributed by atoms with Crippen LogP contribution in [0.4, 0.5) is 0 Å². The number of rotatable bonds is 4. The van der Waals surface area contributed by atoms with E-state index in [9.17, 15) is 4.79 Å². The first-order chi connectivity index (χ1) is 14.3. The van der Waals surface area contributed by atoms with Crippen LogP contribution in [0.5, 0.6) is 0 Å². The van der Waals surface area contributed by atoms with Crippen molar-refractivity contribution in [1.29, 1.82) is 0 Å². The Kier molecular flexibility index (Phi) is 5.37. The van der Waals surface area contributed by atoms with E-state index in [1.54, 1.807) is 12.4 Å². The highest BCUT2D eigenvalue weighted by Gasteiger charge is 2.38. The number of hydrogen-bond donors (Lipinski definition) is 2. The molecule has 8 nitrogen and oxygen atoms in total. The number of aromatic amines is 2. The Morgan fingerprint density at radius 3 is 2.76 bits per heavy atom. The number of ether oxygens (including phenoxy) is 1. The van der Waals surface area contributed by atoms with E-state index < -0.39 is 0 Å². The standard InChI is InChI=1S/C21H30N6O2/c28-21(17-11-24-25-12-17)26-6-1-16(2-7-26)20-19-18(22-14-23-19)3-8-27(20)13-15-4-9-29-10-5-15/h11-12,14-16,20H,1-10,13H2,(H,22,23)(H,24,25). The zero-order chi connectivity index (χ0) is 19.6. The van der Waals surface area contributed by atoms with E-state index in [1.807, 2.05) is 11.2 Å². The first kappa shape index (κ1) is 18.8.